The lowest BCUT2D eigenvalue weighted by Crippen LogP contribution is -2.37. The van der Waals surface area contributed by atoms with Crippen LogP contribution in [-0.2, 0) is 26.4 Å². The van der Waals surface area contributed by atoms with Gasteiger partial charge in [-0.25, -0.2) is 4.39 Å². The average molecular weight is 342 g/mol. The number of fused-ring (bicyclic) bond motifs is 1. The highest BCUT2D eigenvalue weighted by molar-refractivity contribution is 5.94. The number of nitrogens with one attached hydrogen (secondary N) is 2. The van der Waals surface area contributed by atoms with Crippen molar-refractivity contribution in [2.75, 3.05) is 0 Å². The standard InChI is InChI=1S/C19H23FN4O/c1-24-17-9-8-15(22-14-6-7-14)10-16(17)18(23-24)19(25)21-11-12-2-4-13(20)5-3-12/h2-5,14-15,22H,6-11H2,1H3,(H,21,25)/t15-/m1/s1. The zero-order valence-corrected chi connectivity index (χ0v) is 14.4. The quantitative estimate of drug-likeness (QED) is 0.875. The van der Waals surface area contributed by atoms with E-state index in [4.69, 9.17) is 0 Å². The van der Waals surface area contributed by atoms with Crippen LogP contribution >= 0.6 is 0 Å². The highest BCUT2D eigenvalue weighted by Gasteiger charge is 2.31. The summed E-state index contributed by atoms with van der Waals surface area (Å²) in [7, 11) is 1.91. The fourth-order valence-corrected chi connectivity index (χ4v) is 3.57. The van der Waals surface area contributed by atoms with E-state index in [-0.39, 0.29) is 11.7 Å². The number of halogens is 1. The van der Waals surface area contributed by atoms with Crippen LogP contribution in [0.4, 0.5) is 4.39 Å². The van der Waals surface area contributed by atoms with Crippen LogP contribution < -0.4 is 10.6 Å². The summed E-state index contributed by atoms with van der Waals surface area (Å²) in [6.07, 6.45) is 5.44. The Morgan fingerprint density at radius 1 is 1.24 bits per heavy atom. The Balaban J connectivity index is 1.46. The smallest absolute Gasteiger partial charge is 0.272 e. The van der Waals surface area contributed by atoms with E-state index in [0.29, 0.717) is 24.3 Å². The minimum atomic E-state index is -0.275. The first-order valence-electron chi connectivity index (χ1n) is 8.93. The second-order valence-electron chi connectivity index (χ2n) is 7.09. The van der Waals surface area contributed by atoms with E-state index in [0.717, 1.165) is 30.4 Å². The third-order valence-electron chi connectivity index (χ3n) is 5.09. The topological polar surface area (TPSA) is 59.0 Å². The molecule has 0 bridgehead atoms. The summed E-state index contributed by atoms with van der Waals surface area (Å²) in [4.78, 5) is 12.6. The Hall–Kier alpha value is -2.21. The molecule has 6 heteroatoms. The third kappa shape index (κ3) is 3.58. The Bertz CT molecular complexity index is 779. The normalized spacial score (nSPS) is 19.5. The van der Waals surface area contributed by atoms with Crippen molar-refractivity contribution in [1.82, 2.24) is 20.4 Å². The van der Waals surface area contributed by atoms with Gasteiger partial charge in [0.2, 0.25) is 0 Å². The van der Waals surface area contributed by atoms with E-state index in [9.17, 15) is 9.18 Å². The number of nitrogens with zero attached hydrogens (tertiary/aromatic N) is 2. The summed E-state index contributed by atoms with van der Waals surface area (Å²) in [6, 6.07) is 7.26. The van der Waals surface area contributed by atoms with Crippen molar-refractivity contribution in [2.24, 2.45) is 7.05 Å². The number of aryl methyl sites for hydroxylation is 1. The molecule has 1 fully saturated rings. The second kappa shape index (κ2) is 6.59. The fraction of sp³-hybridized carbons (Fsp3) is 0.474. The van der Waals surface area contributed by atoms with Crippen LogP contribution in [0.3, 0.4) is 0 Å². The SMILES string of the molecule is Cn1nc(C(=O)NCc2ccc(F)cc2)c2c1CC[C@@H](NC1CC1)C2. The van der Waals surface area contributed by atoms with Gasteiger partial charge in [0, 0.05) is 36.9 Å². The molecule has 1 heterocycles. The van der Waals surface area contributed by atoms with Crippen molar-refractivity contribution in [2.45, 2.75) is 50.7 Å². The van der Waals surface area contributed by atoms with Crippen LogP contribution in [0.1, 0.15) is 46.6 Å². The van der Waals surface area contributed by atoms with Gasteiger partial charge >= 0.3 is 0 Å². The van der Waals surface area contributed by atoms with E-state index in [1.165, 1.54) is 30.7 Å². The molecule has 2 aliphatic carbocycles. The van der Waals surface area contributed by atoms with E-state index >= 15 is 0 Å². The van der Waals surface area contributed by atoms with Gasteiger partial charge in [-0.15, -0.1) is 0 Å². The van der Waals surface area contributed by atoms with Crippen molar-refractivity contribution in [1.29, 1.82) is 0 Å². The zero-order valence-electron chi connectivity index (χ0n) is 14.4. The third-order valence-corrected chi connectivity index (χ3v) is 5.09. The summed E-state index contributed by atoms with van der Waals surface area (Å²) in [6.45, 7) is 0.369. The molecule has 2 aliphatic rings. The molecule has 4 rings (SSSR count). The number of hydrogen-bond donors (Lipinski definition) is 2. The van der Waals surface area contributed by atoms with Crippen LogP contribution in [0.25, 0.3) is 0 Å². The highest BCUT2D eigenvalue weighted by atomic mass is 19.1. The number of aromatic nitrogens is 2. The molecule has 25 heavy (non-hydrogen) atoms. The van der Waals surface area contributed by atoms with Crippen LogP contribution in [-0.4, -0.2) is 27.8 Å². The predicted octanol–water partition coefficient (Wildman–Crippen LogP) is 2.10. The maximum Gasteiger partial charge on any atom is 0.272 e. The van der Waals surface area contributed by atoms with Crippen LogP contribution in [0.2, 0.25) is 0 Å². The number of carbonyl (C=O) groups excluding carboxylic acids is 1. The monoisotopic (exact) mass is 342 g/mol. The Labute approximate surface area is 146 Å². The first kappa shape index (κ1) is 16.3. The van der Waals surface area contributed by atoms with Gasteiger partial charge in [-0.05, 0) is 49.8 Å². The van der Waals surface area contributed by atoms with E-state index in [1.54, 1.807) is 12.1 Å². The molecule has 0 aliphatic heterocycles. The molecule has 1 amide bonds. The molecule has 0 spiro atoms. The van der Waals surface area contributed by atoms with Crippen molar-refractivity contribution < 1.29 is 9.18 Å². The lowest BCUT2D eigenvalue weighted by molar-refractivity contribution is 0.0944. The summed E-state index contributed by atoms with van der Waals surface area (Å²) >= 11 is 0. The Kier molecular flexibility index (Phi) is 4.29. The summed E-state index contributed by atoms with van der Waals surface area (Å²) < 4.78 is 14.8. The molecule has 132 valence electrons. The van der Waals surface area contributed by atoms with Gasteiger partial charge in [0.05, 0.1) is 0 Å². The highest BCUT2D eigenvalue weighted by Crippen LogP contribution is 2.27. The fourth-order valence-electron chi connectivity index (χ4n) is 3.57. The van der Waals surface area contributed by atoms with Crippen molar-refractivity contribution in [3.63, 3.8) is 0 Å². The van der Waals surface area contributed by atoms with Gasteiger partial charge in [0.25, 0.3) is 5.91 Å². The predicted molar refractivity (Wildman–Crippen MR) is 92.7 cm³/mol. The molecule has 1 saturated carbocycles. The number of carbonyl (C=O) groups is 1. The van der Waals surface area contributed by atoms with Gasteiger partial charge in [-0.1, -0.05) is 12.1 Å². The van der Waals surface area contributed by atoms with Crippen molar-refractivity contribution in [3.05, 3.63) is 52.6 Å². The molecule has 0 radical (unpaired) electrons. The van der Waals surface area contributed by atoms with Gasteiger partial charge in [0.15, 0.2) is 5.69 Å². The molecule has 2 aromatic rings. The maximum absolute atomic E-state index is 13.0. The number of amides is 1. The van der Waals surface area contributed by atoms with Gasteiger partial charge in [-0.3, -0.25) is 9.48 Å². The largest absolute Gasteiger partial charge is 0.347 e. The van der Waals surface area contributed by atoms with E-state index in [2.05, 4.69) is 15.7 Å². The minimum absolute atomic E-state index is 0.159. The first-order chi connectivity index (χ1) is 12.1. The molecule has 1 atom stereocenters. The molecule has 5 nitrogen and oxygen atoms in total. The molecule has 1 aromatic heterocycles. The first-order valence-corrected chi connectivity index (χ1v) is 8.93. The van der Waals surface area contributed by atoms with Crippen molar-refractivity contribution in [3.8, 4) is 0 Å². The summed E-state index contributed by atoms with van der Waals surface area (Å²) in [5.74, 6) is -0.434. The van der Waals surface area contributed by atoms with Crippen LogP contribution in [0.15, 0.2) is 24.3 Å². The molecule has 0 unspecified atom stereocenters. The second-order valence-corrected chi connectivity index (χ2v) is 7.09. The maximum atomic E-state index is 13.0. The van der Waals surface area contributed by atoms with Gasteiger partial charge in [-0.2, -0.15) is 5.10 Å². The van der Waals surface area contributed by atoms with Crippen molar-refractivity contribution >= 4 is 5.91 Å². The van der Waals surface area contributed by atoms with E-state index < -0.39 is 0 Å². The zero-order chi connectivity index (χ0) is 17.4. The lowest BCUT2D eigenvalue weighted by Gasteiger charge is -2.24. The molecule has 2 N–H and O–H groups in total. The van der Waals surface area contributed by atoms with E-state index in [1.807, 2.05) is 11.7 Å². The molecule has 0 saturated heterocycles. The number of benzene rings is 1. The summed E-state index contributed by atoms with van der Waals surface area (Å²) in [5.41, 5.74) is 3.64. The van der Waals surface area contributed by atoms with Crippen LogP contribution in [0, 0.1) is 5.82 Å². The average Bonchev–Trinajstić information content (AvgIpc) is 3.36. The number of rotatable bonds is 5. The molecular formula is C19H23FN4O. The van der Waals surface area contributed by atoms with Crippen LogP contribution in [0.5, 0.6) is 0 Å². The minimum Gasteiger partial charge on any atom is -0.347 e. The van der Waals surface area contributed by atoms with Gasteiger partial charge < -0.3 is 10.6 Å². The Morgan fingerprint density at radius 2 is 2.00 bits per heavy atom. The Morgan fingerprint density at radius 3 is 2.72 bits per heavy atom. The number of hydrogen-bond acceptors (Lipinski definition) is 3. The molecular weight excluding hydrogens is 319 g/mol. The molecule has 1 aromatic carbocycles. The lowest BCUT2D eigenvalue weighted by atomic mass is 9.91. The van der Waals surface area contributed by atoms with Gasteiger partial charge in [0.1, 0.15) is 5.82 Å². The summed E-state index contributed by atoms with van der Waals surface area (Å²) in [5, 5.41) is 11.0.